The standard InChI is InChI=1S/C19H21NO4/c1-22-15-6-4-13(5-7-15)12-20-9-8-14-10-17(23-2)18(24-3)11-16(14)19(20)21/h4-7,10-11H,8-9,12H2,1-3H3. The number of carbonyl (C=O) groups excluding carboxylic acids is 1. The number of benzene rings is 2. The van der Waals surface area contributed by atoms with Crippen LogP contribution in [0.2, 0.25) is 0 Å². The van der Waals surface area contributed by atoms with Gasteiger partial charge in [-0.05, 0) is 41.8 Å². The predicted octanol–water partition coefficient (Wildman–Crippen LogP) is 2.91. The molecular weight excluding hydrogens is 306 g/mol. The molecule has 5 nitrogen and oxygen atoms in total. The van der Waals surface area contributed by atoms with Crippen molar-refractivity contribution in [3.05, 3.63) is 53.1 Å². The van der Waals surface area contributed by atoms with Gasteiger partial charge in [-0.1, -0.05) is 12.1 Å². The van der Waals surface area contributed by atoms with Gasteiger partial charge >= 0.3 is 0 Å². The van der Waals surface area contributed by atoms with Gasteiger partial charge in [0.15, 0.2) is 11.5 Å². The van der Waals surface area contributed by atoms with Gasteiger partial charge in [-0.15, -0.1) is 0 Å². The first-order chi connectivity index (χ1) is 11.7. The number of fused-ring (bicyclic) bond motifs is 1. The minimum Gasteiger partial charge on any atom is -0.497 e. The van der Waals surface area contributed by atoms with Crippen molar-refractivity contribution in [2.75, 3.05) is 27.9 Å². The number of hydrogen-bond acceptors (Lipinski definition) is 4. The van der Waals surface area contributed by atoms with E-state index in [1.54, 1.807) is 27.4 Å². The molecule has 3 rings (SSSR count). The van der Waals surface area contributed by atoms with Crippen molar-refractivity contribution < 1.29 is 19.0 Å². The molecule has 0 fully saturated rings. The molecule has 0 aromatic heterocycles. The molecule has 0 atom stereocenters. The first-order valence-corrected chi connectivity index (χ1v) is 7.83. The van der Waals surface area contributed by atoms with Crippen molar-refractivity contribution in [1.29, 1.82) is 0 Å². The average Bonchev–Trinajstić information content (AvgIpc) is 2.63. The lowest BCUT2D eigenvalue weighted by atomic mass is 9.97. The summed E-state index contributed by atoms with van der Waals surface area (Å²) in [5.74, 6) is 2.07. The Bertz CT molecular complexity index is 740. The van der Waals surface area contributed by atoms with E-state index in [2.05, 4.69) is 0 Å². The summed E-state index contributed by atoms with van der Waals surface area (Å²) in [5.41, 5.74) is 2.77. The molecule has 0 saturated heterocycles. The third kappa shape index (κ3) is 3.02. The molecule has 0 aliphatic carbocycles. The van der Waals surface area contributed by atoms with Crippen LogP contribution in [0.4, 0.5) is 0 Å². The second-order valence-electron chi connectivity index (χ2n) is 5.69. The summed E-state index contributed by atoms with van der Waals surface area (Å²) in [7, 11) is 4.82. The van der Waals surface area contributed by atoms with Gasteiger partial charge < -0.3 is 19.1 Å². The quantitative estimate of drug-likeness (QED) is 0.847. The van der Waals surface area contributed by atoms with Crippen LogP contribution in [0.25, 0.3) is 0 Å². The molecule has 1 aliphatic rings. The molecule has 0 spiro atoms. The highest BCUT2D eigenvalue weighted by Crippen LogP contribution is 2.33. The van der Waals surface area contributed by atoms with Crippen LogP contribution in [0, 0.1) is 0 Å². The summed E-state index contributed by atoms with van der Waals surface area (Å²) in [5, 5.41) is 0. The summed E-state index contributed by atoms with van der Waals surface area (Å²) < 4.78 is 15.8. The number of hydrogen-bond donors (Lipinski definition) is 0. The van der Waals surface area contributed by atoms with Crippen LogP contribution >= 0.6 is 0 Å². The van der Waals surface area contributed by atoms with E-state index >= 15 is 0 Å². The zero-order chi connectivity index (χ0) is 17.1. The highest BCUT2D eigenvalue weighted by molar-refractivity contribution is 5.97. The van der Waals surface area contributed by atoms with Gasteiger partial charge in [0.25, 0.3) is 5.91 Å². The lowest BCUT2D eigenvalue weighted by Crippen LogP contribution is -2.37. The highest BCUT2D eigenvalue weighted by Gasteiger charge is 2.26. The molecule has 1 amide bonds. The van der Waals surface area contributed by atoms with Crippen molar-refractivity contribution in [3.8, 4) is 17.2 Å². The van der Waals surface area contributed by atoms with Crippen molar-refractivity contribution in [1.82, 2.24) is 4.90 Å². The smallest absolute Gasteiger partial charge is 0.254 e. The number of methoxy groups -OCH3 is 3. The topological polar surface area (TPSA) is 48.0 Å². The minimum absolute atomic E-state index is 0.0213. The third-order valence-corrected chi connectivity index (χ3v) is 4.31. The van der Waals surface area contributed by atoms with Gasteiger partial charge in [-0.3, -0.25) is 4.79 Å². The molecule has 0 unspecified atom stereocenters. The Labute approximate surface area is 141 Å². The molecule has 0 saturated carbocycles. The molecule has 2 aromatic carbocycles. The summed E-state index contributed by atoms with van der Waals surface area (Å²) >= 11 is 0. The van der Waals surface area contributed by atoms with E-state index in [4.69, 9.17) is 14.2 Å². The zero-order valence-electron chi connectivity index (χ0n) is 14.2. The molecule has 2 aromatic rings. The predicted molar refractivity (Wildman–Crippen MR) is 91.0 cm³/mol. The first-order valence-electron chi connectivity index (χ1n) is 7.83. The molecule has 24 heavy (non-hydrogen) atoms. The maximum absolute atomic E-state index is 12.8. The molecule has 1 heterocycles. The van der Waals surface area contributed by atoms with E-state index in [-0.39, 0.29) is 5.91 Å². The van der Waals surface area contributed by atoms with Crippen LogP contribution in [0.3, 0.4) is 0 Å². The minimum atomic E-state index is 0.0213. The fourth-order valence-corrected chi connectivity index (χ4v) is 2.96. The van der Waals surface area contributed by atoms with Crippen LogP contribution in [-0.4, -0.2) is 38.7 Å². The van der Waals surface area contributed by atoms with Crippen molar-refractivity contribution in [2.45, 2.75) is 13.0 Å². The molecule has 1 aliphatic heterocycles. The normalized spacial score (nSPS) is 13.5. The number of nitrogens with zero attached hydrogens (tertiary/aromatic N) is 1. The van der Waals surface area contributed by atoms with Crippen LogP contribution < -0.4 is 14.2 Å². The SMILES string of the molecule is COc1ccc(CN2CCc3cc(OC)c(OC)cc3C2=O)cc1. The molecule has 5 heteroatoms. The second-order valence-corrected chi connectivity index (χ2v) is 5.69. The van der Waals surface area contributed by atoms with Crippen LogP contribution in [-0.2, 0) is 13.0 Å². The molecule has 0 N–H and O–H groups in total. The van der Waals surface area contributed by atoms with Gasteiger partial charge in [0, 0.05) is 18.7 Å². The van der Waals surface area contributed by atoms with Gasteiger partial charge in [-0.25, -0.2) is 0 Å². The lowest BCUT2D eigenvalue weighted by Gasteiger charge is -2.29. The van der Waals surface area contributed by atoms with Gasteiger partial charge in [0.2, 0.25) is 0 Å². The Morgan fingerprint density at radius 1 is 0.958 bits per heavy atom. The Hall–Kier alpha value is -2.69. The van der Waals surface area contributed by atoms with Crippen LogP contribution in [0.5, 0.6) is 17.2 Å². The van der Waals surface area contributed by atoms with Gasteiger partial charge in [0.1, 0.15) is 5.75 Å². The Balaban J connectivity index is 1.83. The Morgan fingerprint density at radius 2 is 1.62 bits per heavy atom. The molecule has 126 valence electrons. The summed E-state index contributed by atoms with van der Waals surface area (Å²) in [4.78, 5) is 14.7. The second kappa shape index (κ2) is 6.83. The maximum Gasteiger partial charge on any atom is 0.254 e. The largest absolute Gasteiger partial charge is 0.497 e. The molecular formula is C19H21NO4. The number of rotatable bonds is 5. The maximum atomic E-state index is 12.8. The summed E-state index contributed by atoms with van der Waals surface area (Å²) in [6, 6.07) is 11.5. The molecule has 0 bridgehead atoms. The van der Waals surface area contributed by atoms with Gasteiger partial charge in [-0.2, -0.15) is 0 Å². The molecule has 0 radical (unpaired) electrons. The van der Waals surface area contributed by atoms with E-state index in [0.717, 1.165) is 23.3 Å². The fraction of sp³-hybridized carbons (Fsp3) is 0.316. The zero-order valence-corrected chi connectivity index (χ0v) is 14.2. The van der Waals surface area contributed by atoms with E-state index in [1.807, 2.05) is 35.2 Å². The van der Waals surface area contributed by atoms with Crippen LogP contribution in [0.15, 0.2) is 36.4 Å². The summed E-state index contributed by atoms with van der Waals surface area (Å²) in [6.07, 6.45) is 0.803. The average molecular weight is 327 g/mol. The monoisotopic (exact) mass is 327 g/mol. The number of carbonyl (C=O) groups is 1. The highest BCUT2D eigenvalue weighted by atomic mass is 16.5. The first kappa shape index (κ1) is 16.2. The summed E-state index contributed by atoms with van der Waals surface area (Å²) in [6.45, 7) is 1.27. The van der Waals surface area contributed by atoms with Crippen molar-refractivity contribution >= 4 is 5.91 Å². The van der Waals surface area contributed by atoms with E-state index in [1.165, 1.54) is 0 Å². The fourth-order valence-electron chi connectivity index (χ4n) is 2.96. The van der Waals surface area contributed by atoms with Gasteiger partial charge in [0.05, 0.1) is 21.3 Å². The number of amides is 1. The number of ether oxygens (including phenoxy) is 3. The lowest BCUT2D eigenvalue weighted by molar-refractivity contribution is 0.0726. The van der Waals surface area contributed by atoms with Crippen molar-refractivity contribution in [2.24, 2.45) is 0 Å². The third-order valence-electron chi connectivity index (χ3n) is 4.31. The van der Waals surface area contributed by atoms with Crippen molar-refractivity contribution in [3.63, 3.8) is 0 Å². The van der Waals surface area contributed by atoms with E-state index < -0.39 is 0 Å². The van der Waals surface area contributed by atoms with E-state index in [9.17, 15) is 4.79 Å². The van der Waals surface area contributed by atoms with E-state index in [0.29, 0.717) is 30.2 Å². The van der Waals surface area contributed by atoms with Crippen LogP contribution in [0.1, 0.15) is 21.5 Å². The Morgan fingerprint density at radius 3 is 2.25 bits per heavy atom. The Kier molecular flexibility index (Phi) is 4.60.